The number of hydrogen-bond acceptors (Lipinski definition) is 5. The molecule has 5 rings (SSSR count). The van der Waals surface area contributed by atoms with Gasteiger partial charge in [-0.25, -0.2) is 4.98 Å². The molecular formula is C22H15IN4OS. The van der Waals surface area contributed by atoms with Gasteiger partial charge in [0.2, 0.25) is 11.1 Å². The zero-order valence-electron chi connectivity index (χ0n) is 15.2. The maximum Gasteiger partial charge on any atom is 0.225 e. The first-order chi connectivity index (χ1) is 14.2. The first-order valence-corrected chi connectivity index (χ1v) is 11.2. The Hall–Kier alpha value is -2.52. The molecule has 1 aromatic heterocycles. The van der Waals surface area contributed by atoms with E-state index in [0.29, 0.717) is 17.3 Å². The van der Waals surface area contributed by atoms with Gasteiger partial charge >= 0.3 is 0 Å². The number of carbonyl (C=O) groups is 1. The van der Waals surface area contributed by atoms with Crippen LogP contribution in [0.25, 0.3) is 33.3 Å². The summed E-state index contributed by atoms with van der Waals surface area (Å²) in [4.78, 5) is 16.9. The van der Waals surface area contributed by atoms with Crippen molar-refractivity contribution in [2.24, 2.45) is 0 Å². The molecule has 0 radical (unpaired) electrons. The van der Waals surface area contributed by atoms with Gasteiger partial charge in [-0.2, -0.15) is 0 Å². The molecule has 142 valence electrons. The molecule has 1 aliphatic carbocycles. The van der Waals surface area contributed by atoms with E-state index >= 15 is 0 Å². The monoisotopic (exact) mass is 510 g/mol. The molecule has 29 heavy (non-hydrogen) atoms. The van der Waals surface area contributed by atoms with Gasteiger partial charge in [0.1, 0.15) is 11.4 Å². The van der Waals surface area contributed by atoms with Crippen LogP contribution in [0.3, 0.4) is 0 Å². The highest BCUT2D eigenvalue weighted by Gasteiger charge is 2.24. The van der Waals surface area contributed by atoms with Gasteiger partial charge < -0.3 is 5.32 Å². The standard InChI is InChI=1S/C22H15IN4OS/c23-14-7-9-15(10-8-14)24-18(28)11-12-29-22-25-20-16-5-1-3-13-4-2-6-17(19(13)16)21(20)26-27-22/h1-10H,11-12H2,(H,24,28). The number of hydrogen-bond donors (Lipinski definition) is 1. The maximum absolute atomic E-state index is 12.2. The summed E-state index contributed by atoms with van der Waals surface area (Å²) in [6.45, 7) is 0. The van der Waals surface area contributed by atoms with Crippen LogP contribution in [0.15, 0.2) is 65.8 Å². The molecule has 1 amide bonds. The van der Waals surface area contributed by atoms with Crippen molar-refractivity contribution in [2.45, 2.75) is 11.6 Å². The minimum atomic E-state index is -0.0231. The lowest BCUT2D eigenvalue weighted by Gasteiger charge is -2.05. The largest absolute Gasteiger partial charge is 0.326 e. The van der Waals surface area contributed by atoms with E-state index in [4.69, 9.17) is 4.98 Å². The fraction of sp³-hybridized carbons (Fsp3) is 0.0909. The summed E-state index contributed by atoms with van der Waals surface area (Å²) in [5, 5.41) is 14.6. The number of benzene rings is 3. The number of rotatable bonds is 5. The Bertz CT molecular complexity index is 1240. The number of halogens is 1. The van der Waals surface area contributed by atoms with Crippen LogP contribution >= 0.6 is 34.4 Å². The predicted molar refractivity (Wildman–Crippen MR) is 125 cm³/mol. The summed E-state index contributed by atoms with van der Waals surface area (Å²) in [5.41, 5.74) is 4.69. The second-order valence-corrected chi connectivity index (χ2v) is 8.96. The highest BCUT2D eigenvalue weighted by Crippen LogP contribution is 2.44. The zero-order chi connectivity index (χ0) is 19.8. The van der Waals surface area contributed by atoms with Crippen molar-refractivity contribution in [3.63, 3.8) is 0 Å². The summed E-state index contributed by atoms with van der Waals surface area (Å²) in [5.74, 6) is 0.568. The molecule has 4 aromatic rings. The van der Waals surface area contributed by atoms with Crippen molar-refractivity contribution >= 4 is 56.7 Å². The molecule has 1 N–H and O–H groups in total. The molecule has 0 spiro atoms. The second kappa shape index (κ2) is 7.72. The van der Waals surface area contributed by atoms with Crippen LogP contribution in [0.2, 0.25) is 0 Å². The first-order valence-electron chi connectivity index (χ1n) is 9.14. The van der Waals surface area contributed by atoms with Gasteiger partial charge in [-0.1, -0.05) is 48.2 Å². The molecule has 0 aliphatic heterocycles. The van der Waals surface area contributed by atoms with Crippen molar-refractivity contribution in [1.82, 2.24) is 15.2 Å². The van der Waals surface area contributed by atoms with Crippen LogP contribution in [-0.2, 0) is 4.79 Å². The lowest BCUT2D eigenvalue weighted by atomic mass is 10.0. The van der Waals surface area contributed by atoms with E-state index in [1.807, 2.05) is 36.4 Å². The van der Waals surface area contributed by atoms with E-state index in [-0.39, 0.29) is 5.91 Å². The number of amides is 1. The molecule has 0 bridgehead atoms. The minimum Gasteiger partial charge on any atom is -0.326 e. The molecule has 0 unspecified atom stereocenters. The SMILES string of the molecule is O=C(CCSc1nnc2c(n1)-c1cccc3cccc-2c13)Nc1ccc(I)cc1. The Morgan fingerprint density at radius 1 is 0.931 bits per heavy atom. The Labute approximate surface area is 185 Å². The Morgan fingerprint density at radius 2 is 1.66 bits per heavy atom. The number of aromatic nitrogens is 3. The number of nitrogens with one attached hydrogen (secondary N) is 1. The van der Waals surface area contributed by atoms with Gasteiger partial charge in [-0.15, -0.1) is 10.2 Å². The predicted octanol–water partition coefficient (Wildman–Crippen LogP) is 5.40. The molecule has 3 aromatic carbocycles. The van der Waals surface area contributed by atoms with Crippen molar-refractivity contribution < 1.29 is 4.79 Å². The number of thioether (sulfide) groups is 1. The molecular weight excluding hydrogens is 495 g/mol. The quantitative estimate of drug-likeness (QED) is 0.254. The van der Waals surface area contributed by atoms with Gasteiger partial charge in [0, 0.05) is 37.9 Å². The molecule has 0 saturated carbocycles. The maximum atomic E-state index is 12.2. The third-order valence-electron chi connectivity index (χ3n) is 4.77. The van der Waals surface area contributed by atoms with Crippen LogP contribution in [0.5, 0.6) is 0 Å². The summed E-state index contributed by atoms with van der Waals surface area (Å²) < 4.78 is 1.13. The van der Waals surface area contributed by atoms with Gasteiger partial charge in [-0.3, -0.25) is 4.79 Å². The summed E-state index contributed by atoms with van der Waals surface area (Å²) in [7, 11) is 0. The van der Waals surface area contributed by atoms with Crippen molar-refractivity contribution in [3.05, 3.63) is 64.2 Å². The van der Waals surface area contributed by atoms with E-state index in [9.17, 15) is 4.79 Å². The highest BCUT2D eigenvalue weighted by molar-refractivity contribution is 14.1. The molecule has 0 saturated heterocycles. The summed E-state index contributed by atoms with van der Waals surface area (Å²) in [6, 6.07) is 20.2. The summed E-state index contributed by atoms with van der Waals surface area (Å²) in [6.07, 6.45) is 0.382. The Kier molecular flexibility index (Phi) is 4.92. The molecule has 1 aliphatic rings. The number of carbonyl (C=O) groups excluding carboxylic acids is 1. The van der Waals surface area contributed by atoms with Crippen LogP contribution < -0.4 is 5.32 Å². The van der Waals surface area contributed by atoms with E-state index in [0.717, 1.165) is 31.8 Å². The Balaban J connectivity index is 1.28. The van der Waals surface area contributed by atoms with Crippen LogP contribution in [0.1, 0.15) is 6.42 Å². The zero-order valence-corrected chi connectivity index (χ0v) is 18.2. The topological polar surface area (TPSA) is 67.8 Å². The molecule has 0 fully saturated rings. The summed E-state index contributed by atoms with van der Waals surface area (Å²) >= 11 is 3.69. The Morgan fingerprint density at radius 3 is 2.41 bits per heavy atom. The molecule has 0 atom stereocenters. The number of anilines is 1. The highest BCUT2D eigenvalue weighted by atomic mass is 127. The van der Waals surface area contributed by atoms with Crippen molar-refractivity contribution in [1.29, 1.82) is 0 Å². The fourth-order valence-corrected chi connectivity index (χ4v) is 4.55. The van der Waals surface area contributed by atoms with E-state index in [1.165, 1.54) is 22.5 Å². The fourth-order valence-electron chi connectivity index (χ4n) is 3.47. The number of nitrogens with zero attached hydrogens (tertiary/aromatic N) is 3. The minimum absolute atomic E-state index is 0.0231. The molecule has 5 nitrogen and oxygen atoms in total. The van der Waals surface area contributed by atoms with Gasteiger partial charge in [0.25, 0.3) is 0 Å². The average Bonchev–Trinajstić information content (AvgIpc) is 3.05. The third-order valence-corrected chi connectivity index (χ3v) is 6.33. The van der Waals surface area contributed by atoms with Crippen LogP contribution in [0, 0.1) is 3.57 Å². The van der Waals surface area contributed by atoms with E-state index in [2.05, 4.69) is 62.4 Å². The average molecular weight is 510 g/mol. The lowest BCUT2D eigenvalue weighted by Crippen LogP contribution is -2.12. The van der Waals surface area contributed by atoms with Crippen molar-refractivity contribution in [2.75, 3.05) is 11.1 Å². The smallest absolute Gasteiger partial charge is 0.225 e. The normalized spacial score (nSPS) is 11.5. The van der Waals surface area contributed by atoms with Gasteiger partial charge in [0.15, 0.2) is 0 Å². The van der Waals surface area contributed by atoms with E-state index < -0.39 is 0 Å². The first kappa shape index (κ1) is 18.5. The van der Waals surface area contributed by atoms with Crippen LogP contribution in [0.4, 0.5) is 5.69 Å². The third kappa shape index (κ3) is 3.60. The van der Waals surface area contributed by atoms with Gasteiger partial charge in [-0.05, 0) is 52.2 Å². The number of fused-ring (bicyclic) bond motifs is 3. The van der Waals surface area contributed by atoms with Gasteiger partial charge in [0.05, 0.1) is 0 Å². The molecule has 7 heteroatoms. The molecule has 1 heterocycles. The van der Waals surface area contributed by atoms with E-state index in [1.54, 1.807) is 0 Å². The second-order valence-electron chi connectivity index (χ2n) is 6.65. The van der Waals surface area contributed by atoms with Crippen molar-refractivity contribution in [3.8, 4) is 22.5 Å². The van der Waals surface area contributed by atoms with Crippen LogP contribution in [-0.4, -0.2) is 26.8 Å². The lowest BCUT2D eigenvalue weighted by molar-refractivity contribution is -0.115.